The first-order chi connectivity index (χ1) is 21.7. The van der Waals surface area contributed by atoms with Crippen molar-refractivity contribution in [1.82, 2.24) is 19.5 Å². The van der Waals surface area contributed by atoms with Crippen LogP contribution in [0.2, 0.25) is 0 Å². The molecule has 0 atom stereocenters. The Bertz CT molecular complexity index is 2090. The zero-order valence-electron chi connectivity index (χ0n) is 24.7. The van der Waals surface area contributed by atoms with Crippen LogP contribution in [0.3, 0.4) is 0 Å². The minimum atomic E-state index is 0.534. The van der Waals surface area contributed by atoms with Gasteiger partial charge in [0.1, 0.15) is 0 Å². The fourth-order valence-corrected chi connectivity index (χ4v) is 5.71. The van der Waals surface area contributed by atoms with Crippen molar-refractivity contribution >= 4 is 44.7 Å². The summed E-state index contributed by atoms with van der Waals surface area (Å²) in [4.78, 5) is 17.5. The summed E-state index contributed by atoms with van der Waals surface area (Å²) in [6, 6.07) is 46.0. The lowest BCUT2D eigenvalue weighted by atomic mass is 10.0. The van der Waals surface area contributed by atoms with Crippen LogP contribution in [0.1, 0.15) is 19.7 Å². The Morgan fingerprint density at radius 1 is 0.591 bits per heavy atom. The first-order valence-corrected chi connectivity index (χ1v) is 14.8. The molecule has 5 aromatic carbocycles. The van der Waals surface area contributed by atoms with E-state index in [0.29, 0.717) is 17.7 Å². The molecule has 0 amide bonds. The van der Waals surface area contributed by atoms with E-state index in [9.17, 15) is 0 Å². The van der Waals surface area contributed by atoms with Crippen molar-refractivity contribution in [2.45, 2.75) is 13.8 Å². The molecule has 0 aliphatic rings. The van der Waals surface area contributed by atoms with Gasteiger partial charge in [0.05, 0.1) is 11.0 Å². The summed E-state index contributed by atoms with van der Waals surface area (Å²) in [7, 11) is 0. The van der Waals surface area contributed by atoms with Crippen molar-refractivity contribution in [2.75, 3.05) is 4.90 Å². The molecule has 212 valence electrons. The van der Waals surface area contributed by atoms with E-state index in [1.165, 1.54) is 0 Å². The predicted molar refractivity (Wildman–Crippen MR) is 183 cm³/mol. The Kier molecular flexibility index (Phi) is 7.27. The average molecular weight is 570 g/mol. The number of hydrogen-bond donors (Lipinski definition) is 0. The van der Waals surface area contributed by atoms with E-state index in [-0.39, 0.29) is 0 Å². The molecule has 7 rings (SSSR count). The van der Waals surface area contributed by atoms with Gasteiger partial charge in [-0.3, -0.25) is 9.47 Å². The zero-order chi connectivity index (χ0) is 29.9. The van der Waals surface area contributed by atoms with Gasteiger partial charge in [0.15, 0.2) is 5.82 Å². The van der Waals surface area contributed by atoms with Crippen LogP contribution in [0.15, 0.2) is 152 Å². The highest BCUT2D eigenvalue weighted by molar-refractivity contribution is 6.09. The molecule has 0 saturated carbocycles. The van der Waals surface area contributed by atoms with E-state index < -0.39 is 0 Å². The van der Waals surface area contributed by atoms with E-state index >= 15 is 0 Å². The Labute approximate surface area is 257 Å². The summed E-state index contributed by atoms with van der Waals surface area (Å²) >= 11 is 0. The number of anilines is 3. The molecule has 44 heavy (non-hydrogen) atoms. The maximum atomic E-state index is 5.22. The molecule has 2 heterocycles. The van der Waals surface area contributed by atoms with E-state index in [0.717, 1.165) is 49.9 Å². The lowest BCUT2D eigenvalue weighted by molar-refractivity contribution is 0.913. The van der Waals surface area contributed by atoms with E-state index in [2.05, 4.69) is 119 Å². The summed E-state index contributed by atoms with van der Waals surface area (Å²) in [6.07, 6.45) is 6.09. The maximum Gasteiger partial charge on any atom is 0.240 e. The SMILES string of the molecule is C/C=C\C(=C/C)c1nc(N(c2ccccc2)c2cccc(-c3ccccc3)c2)nc(-n2c3ccccc3c3ccccc32)n1. The van der Waals surface area contributed by atoms with Gasteiger partial charge >= 0.3 is 0 Å². The number of fused-ring (bicyclic) bond motifs is 3. The monoisotopic (exact) mass is 569 g/mol. The molecule has 0 bridgehead atoms. The predicted octanol–water partition coefficient (Wildman–Crippen LogP) is 10.1. The van der Waals surface area contributed by atoms with Crippen molar-refractivity contribution in [3.63, 3.8) is 0 Å². The van der Waals surface area contributed by atoms with Crippen molar-refractivity contribution in [3.8, 4) is 17.1 Å². The quantitative estimate of drug-likeness (QED) is 0.179. The zero-order valence-corrected chi connectivity index (χ0v) is 24.7. The molecule has 0 N–H and O–H groups in total. The number of rotatable bonds is 7. The summed E-state index contributed by atoms with van der Waals surface area (Å²) in [5.74, 6) is 1.70. The molecule has 0 aliphatic carbocycles. The van der Waals surface area contributed by atoms with E-state index in [4.69, 9.17) is 15.0 Å². The summed E-state index contributed by atoms with van der Waals surface area (Å²) in [6.45, 7) is 4.02. The largest absolute Gasteiger partial charge is 0.279 e. The van der Waals surface area contributed by atoms with Crippen LogP contribution in [0.25, 0.3) is 44.5 Å². The molecule has 0 radical (unpaired) electrons. The minimum absolute atomic E-state index is 0.534. The standard InChI is InChI=1S/C39H31N5/c1-3-16-28(4-2)37-40-38(42-39(41-37)44-35-25-13-11-23-33(35)34-24-12-14-26-36(34)44)43(31-20-9-6-10-21-31)32-22-15-19-30(27-32)29-17-7-5-8-18-29/h3-27H,1-2H3/b16-3-,28-4+. The topological polar surface area (TPSA) is 46.8 Å². The van der Waals surface area contributed by atoms with Crippen LogP contribution in [-0.4, -0.2) is 19.5 Å². The van der Waals surface area contributed by atoms with Crippen LogP contribution >= 0.6 is 0 Å². The Morgan fingerprint density at radius 3 is 1.84 bits per heavy atom. The van der Waals surface area contributed by atoms with Crippen molar-refractivity contribution in [3.05, 3.63) is 158 Å². The van der Waals surface area contributed by atoms with Gasteiger partial charge in [0, 0.05) is 27.7 Å². The molecule has 7 aromatic rings. The summed E-state index contributed by atoms with van der Waals surface area (Å²) in [5, 5.41) is 2.31. The van der Waals surface area contributed by atoms with Crippen LogP contribution in [0.4, 0.5) is 17.3 Å². The molecule has 0 aliphatic heterocycles. The van der Waals surface area contributed by atoms with Crippen LogP contribution in [0, 0.1) is 0 Å². The van der Waals surface area contributed by atoms with Gasteiger partial charge in [-0.2, -0.15) is 15.0 Å². The third kappa shape index (κ3) is 4.95. The summed E-state index contributed by atoms with van der Waals surface area (Å²) < 4.78 is 2.14. The number of allylic oxidation sites excluding steroid dienone is 4. The molecule has 0 spiro atoms. The number of aromatic nitrogens is 4. The van der Waals surface area contributed by atoms with Crippen LogP contribution in [0.5, 0.6) is 0 Å². The molecular formula is C39H31N5. The van der Waals surface area contributed by atoms with E-state index in [1.807, 2.05) is 56.3 Å². The van der Waals surface area contributed by atoms with Gasteiger partial charge in [0.2, 0.25) is 11.9 Å². The van der Waals surface area contributed by atoms with Gasteiger partial charge in [-0.15, -0.1) is 0 Å². The minimum Gasteiger partial charge on any atom is -0.279 e. The first-order valence-electron chi connectivity index (χ1n) is 14.8. The van der Waals surface area contributed by atoms with Gasteiger partial charge in [0.25, 0.3) is 0 Å². The Hall–Kier alpha value is -5.81. The number of nitrogens with zero attached hydrogens (tertiary/aromatic N) is 5. The van der Waals surface area contributed by atoms with Crippen LogP contribution < -0.4 is 4.90 Å². The fraction of sp³-hybridized carbons (Fsp3) is 0.0513. The number of benzene rings is 5. The smallest absolute Gasteiger partial charge is 0.240 e. The lowest BCUT2D eigenvalue weighted by Crippen LogP contribution is -2.17. The molecule has 5 heteroatoms. The van der Waals surface area contributed by atoms with Gasteiger partial charge in [-0.05, 0) is 61.4 Å². The second-order valence-electron chi connectivity index (χ2n) is 10.5. The van der Waals surface area contributed by atoms with Gasteiger partial charge < -0.3 is 0 Å². The third-order valence-corrected chi connectivity index (χ3v) is 7.73. The molecule has 0 saturated heterocycles. The van der Waals surface area contributed by atoms with Gasteiger partial charge in [-0.1, -0.05) is 115 Å². The van der Waals surface area contributed by atoms with Crippen molar-refractivity contribution in [2.24, 2.45) is 0 Å². The fourth-order valence-electron chi connectivity index (χ4n) is 5.71. The molecule has 2 aromatic heterocycles. The highest BCUT2D eigenvalue weighted by atomic mass is 15.3. The molecule has 0 fully saturated rings. The maximum absolute atomic E-state index is 5.22. The lowest BCUT2D eigenvalue weighted by Gasteiger charge is -2.24. The average Bonchev–Trinajstić information content (AvgIpc) is 3.43. The normalized spacial score (nSPS) is 11.9. The van der Waals surface area contributed by atoms with Crippen molar-refractivity contribution < 1.29 is 0 Å². The molecular weight excluding hydrogens is 538 g/mol. The van der Waals surface area contributed by atoms with Crippen LogP contribution in [-0.2, 0) is 0 Å². The number of hydrogen-bond acceptors (Lipinski definition) is 4. The van der Waals surface area contributed by atoms with Crippen molar-refractivity contribution in [1.29, 1.82) is 0 Å². The van der Waals surface area contributed by atoms with Gasteiger partial charge in [-0.25, -0.2) is 0 Å². The molecule has 0 unspecified atom stereocenters. The summed E-state index contributed by atoms with van der Waals surface area (Å²) in [5.41, 5.74) is 7.18. The first kappa shape index (κ1) is 27.0. The third-order valence-electron chi connectivity index (χ3n) is 7.73. The highest BCUT2D eigenvalue weighted by Gasteiger charge is 2.22. The van der Waals surface area contributed by atoms with E-state index in [1.54, 1.807) is 0 Å². The highest BCUT2D eigenvalue weighted by Crippen LogP contribution is 2.37. The second kappa shape index (κ2) is 11.8. The Balaban J connectivity index is 1.52. The second-order valence-corrected chi connectivity index (χ2v) is 10.5. The number of para-hydroxylation sites is 3. The molecule has 5 nitrogen and oxygen atoms in total. The Morgan fingerprint density at radius 2 is 1.18 bits per heavy atom.